The molecule has 0 unspecified atom stereocenters. The van der Waals surface area contributed by atoms with E-state index in [1.165, 1.54) is 24.4 Å². The van der Waals surface area contributed by atoms with Crippen LogP contribution in [-0.2, 0) is 9.47 Å². The Hall–Kier alpha value is -4.05. The molecule has 3 aromatic heterocycles. The van der Waals surface area contributed by atoms with E-state index in [-0.39, 0.29) is 10.8 Å². The van der Waals surface area contributed by atoms with Crippen molar-refractivity contribution >= 4 is 40.8 Å². The average molecular weight is 554 g/mol. The van der Waals surface area contributed by atoms with E-state index in [1.807, 2.05) is 0 Å². The number of anilines is 1. The predicted molar refractivity (Wildman–Crippen MR) is 147 cm³/mol. The van der Waals surface area contributed by atoms with Gasteiger partial charge < -0.3 is 9.47 Å². The molecule has 4 aromatic rings. The van der Waals surface area contributed by atoms with Gasteiger partial charge in [0.15, 0.2) is 5.65 Å². The third-order valence-electron chi connectivity index (χ3n) is 5.26. The Bertz CT molecular complexity index is 1540. The first-order chi connectivity index (χ1) is 18.1. The molecule has 0 spiro atoms. The number of pyridine rings is 2. The number of halogens is 2. The topological polar surface area (TPSA) is 99.4 Å². The summed E-state index contributed by atoms with van der Waals surface area (Å²) in [6.45, 7) is 11.9. The van der Waals surface area contributed by atoms with Crippen molar-refractivity contribution in [2.45, 2.75) is 59.7 Å². The molecule has 11 heteroatoms. The molecule has 0 bridgehead atoms. The summed E-state index contributed by atoms with van der Waals surface area (Å²) in [6.07, 6.45) is -0.401. The zero-order chi connectivity index (χ0) is 28.7. The van der Waals surface area contributed by atoms with Gasteiger partial charge in [-0.25, -0.2) is 28.9 Å². The van der Waals surface area contributed by atoms with Gasteiger partial charge in [-0.15, -0.1) is 0 Å². The molecule has 39 heavy (non-hydrogen) atoms. The average Bonchev–Trinajstić information content (AvgIpc) is 3.13. The monoisotopic (exact) mass is 553 g/mol. The summed E-state index contributed by atoms with van der Waals surface area (Å²) < 4.78 is 26.9. The van der Waals surface area contributed by atoms with Gasteiger partial charge in [0.25, 0.3) is 0 Å². The van der Waals surface area contributed by atoms with Crippen LogP contribution in [0.1, 0.15) is 47.4 Å². The molecule has 0 radical (unpaired) electrons. The maximum atomic E-state index is 14.2. The van der Waals surface area contributed by atoms with Crippen LogP contribution in [0.25, 0.3) is 28.1 Å². The summed E-state index contributed by atoms with van der Waals surface area (Å²) in [6, 6.07) is 11.2. The first-order valence-corrected chi connectivity index (χ1v) is 12.5. The Morgan fingerprint density at radius 2 is 1.56 bits per heavy atom. The van der Waals surface area contributed by atoms with Crippen LogP contribution in [0.15, 0.2) is 48.7 Å². The first-order valence-electron chi connectivity index (χ1n) is 12.2. The van der Waals surface area contributed by atoms with Crippen LogP contribution in [0.5, 0.6) is 0 Å². The molecule has 0 saturated heterocycles. The van der Waals surface area contributed by atoms with Crippen molar-refractivity contribution in [3.63, 3.8) is 0 Å². The number of aryl methyl sites for hydroxylation is 1. The van der Waals surface area contributed by atoms with Crippen molar-refractivity contribution in [2.75, 3.05) is 4.90 Å². The van der Waals surface area contributed by atoms with Crippen LogP contribution in [-0.4, -0.2) is 42.9 Å². The molecule has 3 heterocycles. The van der Waals surface area contributed by atoms with Gasteiger partial charge in [-0.05, 0) is 90.9 Å². The quantitative estimate of drug-likeness (QED) is 0.263. The number of hydrogen-bond acceptors (Lipinski definition) is 7. The highest BCUT2D eigenvalue weighted by Gasteiger charge is 2.33. The van der Waals surface area contributed by atoms with Crippen LogP contribution in [0.2, 0.25) is 5.02 Å². The number of imidazole rings is 1. The van der Waals surface area contributed by atoms with Gasteiger partial charge in [0.05, 0.1) is 16.4 Å². The lowest BCUT2D eigenvalue weighted by Crippen LogP contribution is -2.44. The lowest BCUT2D eigenvalue weighted by atomic mass is 10.1. The highest BCUT2D eigenvalue weighted by Crippen LogP contribution is 2.28. The summed E-state index contributed by atoms with van der Waals surface area (Å²) >= 11 is 5.87. The summed E-state index contributed by atoms with van der Waals surface area (Å²) in [5.74, 6) is 0.0462. The van der Waals surface area contributed by atoms with Crippen LogP contribution < -0.4 is 4.90 Å². The molecule has 0 fully saturated rings. The fourth-order valence-corrected chi connectivity index (χ4v) is 3.86. The lowest BCUT2D eigenvalue weighted by molar-refractivity contribution is 0.0429. The molecule has 4 rings (SSSR count). The fourth-order valence-electron chi connectivity index (χ4n) is 3.74. The number of rotatable bonds is 3. The van der Waals surface area contributed by atoms with Gasteiger partial charge in [-0.3, -0.25) is 4.57 Å². The minimum absolute atomic E-state index is 0.00218. The standard InChI is InChI=1S/C28H29ClFN5O4/c1-16-32-22-11-10-21(33-24(22)34(16)18-8-9-19(29)20(30)15-18)17-12-13-31-23(14-17)35(25(36)38-27(2,3)4)26(37)39-28(5,6)7/h8-15H,1-7H3. The maximum absolute atomic E-state index is 14.2. The van der Waals surface area contributed by atoms with Gasteiger partial charge in [-0.1, -0.05) is 11.6 Å². The predicted octanol–water partition coefficient (Wildman–Crippen LogP) is 7.26. The second kappa shape index (κ2) is 10.3. The third kappa shape index (κ3) is 6.34. The lowest BCUT2D eigenvalue weighted by Gasteiger charge is -2.28. The zero-order valence-electron chi connectivity index (χ0n) is 22.7. The van der Waals surface area contributed by atoms with Crippen molar-refractivity contribution in [3.8, 4) is 16.9 Å². The molecule has 204 valence electrons. The molecule has 1 aromatic carbocycles. The normalized spacial score (nSPS) is 11.9. The minimum Gasteiger partial charge on any atom is -0.443 e. The number of carbonyl (C=O) groups excluding carboxylic acids is 2. The summed E-state index contributed by atoms with van der Waals surface area (Å²) in [7, 11) is 0. The van der Waals surface area contributed by atoms with E-state index in [1.54, 1.807) is 77.3 Å². The minimum atomic E-state index is -0.928. The van der Waals surface area contributed by atoms with Crippen molar-refractivity contribution in [1.82, 2.24) is 19.5 Å². The van der Waals surface area contributed by atoms with E-state index in [0.717, 1.165) is 4.90 Å². The first kappa shape index (κ1) is 28.0. The van der Waals surface area contributed by atoms with Crippen LogP contribution >= 0.6 is 11.6 Å². The number of imide groups is 1. The van der Waals surface area contributed by atoms with E-state index in [0.29, 0.717) is 33.9 Å². The summed E-state index contributed by atoms with van der Waals surface area (Å²) in [4.78, 5) is 40.4. The molecule has 9 nitrogen and oxygen atoms in total. The molecule has 2 amide bonds. The molecular formula is C28H29ClFN5O4. The van der Waals surface area contributed by atoms with E-state index in [4.69, 9.17) is 26.1 Å². The molecular weight excluding hydrogens is 525 g/mol. The van der Waals surface area contributed by atoms with E-state index in [2.05, 4.69) is 9.97 Å². The second-order valence-electron chi connectivity index (χ2n) is 10.8. The summed E-state index contributed by atoms with van der Waals surface area (Å²) in [5.41, 5.74) is 0.948. The Kier molecular flexibility index (Phi) is 7.36. The largest absolute Gasteiger partial charge is 0.443 e. The van der Waals surface area contributed by atoms with Gasteiger partial charge in [-0.2, -0.15) is 4.90 Å². The molecule has 0 saturated carbocycles. The number of amides is 2. The number of benzene rings is 1. The van der Waals surface area contributed by atoms with Crippen LogP contribution in [0.3, 0.4) is 0 Å². The Morgan fingerprint density at radius 1 is 0.923 bits per heavy atom. The number of nitrogens with zero attached hydrogens (tertiary/aromatic N) is 5. The number of hydrogen-bond donors (Lipinski definition) is 0. The number of fused-ring (bicyclic) bond motifs is 1. The maximum Gasteiger partial charge on any atom is 0.425 e. The Morgan fingerprint density at radius 3 is 2.15 bits per heavy atom. The van der Waals surface area contributed by atoms with Gasteiger partial charge in [0.1, 0.15) is 34.2 Å². The zero-order valence-corrected chi connectivity index (χ0v) is 23.5. The van der Waals surface area contributed by atoms with Gasteiger partial charge in [0, 0.05) is 11.8 Å². The van der Waals surface area contributed by atoms with Crippen LogP contribution in [0.4, 0.5) is 19.8 Å². The smallest absolute Gasteiger partial charge is 0.425 e. The molecule has 0 N–H and O–H groups in total. The highest BCUT2D eigenvalue weighted by molar-refractivity contribution is 6.30. The number of ether oxygens (including phenoxy) is 2. The van der Waals surface area contributed by atoms with Crippen molar-refractivity contribution in [1.29, 1.82) is 0 Å². The van der Waals surface area contributed by atoms with E-state index < -0.39 is 29.2 Å². The van der Waals surface area contributed by atoms with Gasteiger partial charge in [0.2, 0.25) is 0 Å². The fraction of sp³-hybridized carbons (Fsp3) is 0.321. The molecule has 0 aliphatic carbocycles. The molecule has 0 atom stereocenters. The summed E-state index contributed by atoms with van der Waals surface area (Å²) in [5, 5.41) is 0.0123. The SMILES string of the molecule is Cc1nc2ccc(-c3ccnc(N(C(=O)OC(C)(C)C)C(=O)OC(C)(C)C)c3)nc2n1-c1ccc(Cl)c(F)c1. The Balaban J connectivity index is 1.79. The third-order valence-corrected chi connectivity index (χ3v) is 5.56. The molecule has 0 aliphatic rings. The van der Waals surface area contributed by atoms with Crippen molar-refractivity contribution < 1.29 is 23.5 Å². The van der Waals surface area contributed by atoms with Crippen molar-refractivity contribution in [2.24, 2.45) is 0 Å². The highest BCUT2D eigenvalue weighted by atomic mass is 35.5. The van der Waals surface area contributed by atoms with Gasteiger partial charge >= 0.3 is 12.2 Å². The Labute approximate surface area is 230 Å². The number of aromatic nitrogens is 4. The van der Waals surface area contributed by atoms with E-state index in [9.17, 15) is 14.0 Å². The second-order valence-corrected chi connectivity index (χ2v) is 11.2. The number of carbonyl (C=O) groups is 2. The van der Waals surface area contributed by atoms with Crippen molar-refractivity contribution in [3.05, 3.63) is 65.3 Å². The van der Waals surface area contributed by atoms with E-state index >= 15 is 0 Å². The van der Waals surface area contributed by atoms with Crippen LogP contribution in [0, 0.1) is 12.7 Å². The molecule has 0 aliphatic heterocycles.